The molecule has 1 aromatic rings. The van der Waals surface area contributed by atoms with Crippen LogP contribution in [0.15, 0.2) is 12.1 Å². The summed E-state index contributed by atoms with van der Waals surface area (Å²) in [5, 5.41) is 3.52. The number of benzene rings is 1. The molecule has 2 rings (SSSR count). The topological polar surface area (TPSA) is 21.3 Å². The minimum atomic E-state index is 0.497. The lowest BCUT2D eigenvalue weighted by Crippen LogP contribution is -2.24. The predicted molar refractivity (Wildman–Crippen MR) is 76.2 cm³/mol. The van der Waals surface area contributed by atoms with Crippen molar-refractivity contribution in [1.29, 1.82) is 0 Å². The molecule has 0 heterocycles. The van der Waals surface area contributed by atoms with Crippen molar-refractivity contribution in [2.75, 3.05) is 14.2 Å². The Morgan fingerprint density at radius 1 is 1.17 bits per heavy atom. The number of hydrogen-bond acceptors (Lipinski definition) is 2. The average Bonchev–Trinajstić information content (AvgIpc) is 2.87. The standard InChI is InChI=1S/C16H25NO/c1-11-10-15(18-4)12(2)9-14(11)16(17-3)13-7-5-6-8-13/h9-10,13,16-17H,5-8H2,1-4H3. The number of methoxy groups -OCH3 is 1. The second kappa shape index (κ2) is 5.75. The van der Waals surface area contributed by atoms with Crippen LogP contribution in [0.1, 0.15) is 48.4 Å². The maximum Gasteiger partial charge on any atom is 0.122 e. The molecule has 1 unspecified atom stereocenters. The van der Waals surface area contributed by atoms with Gasteiger partial charge in [0, 0.05) is 6.04 Å². The molecule has 0 bridgehead atoms. The Labute approximate surface area is 111 Å². The van der Waals surface area contributed by atoms with Crippen molar-refractivity contribution in [3.63, 3.8) is 0 Å². The Bertz CT molecular complexity index is 408. The van der Waals surface area contributed by atoms with Gasteiger partial charge in [0.1, 0.15) is 5.75 Å². The summed E-state index contributed by atoms with van der Waals surface area (Å²) in [4.78, 5) is 0. The number of nitrogens with one attached hydrogen (secondary N) is 1. The van der Waals surface area contributed by atoms with Crippen LogP contribution in [0.4, 0.5) is 0 Å². The second-order valence-electron chi connectivity index (χ2n) is 5.49. The molecular weight excluding hydrogens is 222 g/mol. The van der Waals surface area contributed by atoms with Gasteiger partial charge < -0.3 is 10.1 Å². The fourth-order valence-corrected chi connectivity index (χ4v) is 3.30. The largest absolute Gasteiger partial charge is 0.496 e. The molecule has 1 atom stereocenters. The van der Waals surface area contributed by atoms with Gasteiger partial charge in [-0.05, 0) is 62.4 Å². The molecule has 100 valence electrons. The summed E-state index contributed by atoms with van der Waals surface area (Å²) in [5.41, 5.74) is 4.02. The van der Waals surface area contributed by atoms with Crippen LogP contribution in [0.3, 0.4) is 0 Å². The van der Waals surface area contributed by atoms with Crippen LogP contribution >= 0.6 is 0 Å². The van der Waals surface area contributed by atoms with Gasteiger partial charge >= 0.3 is 0 Å². The Morgan fingerprint density at radius 2 is 1.83 bits per heavy atom. The van der Waals surface area contributed by atoms with Crippen LogP contribution in [0.2, 0.25) is 0 Å². The lowest BCUT2D eigenvalue weighted by atomic mass is 9.88. The molecule has 1 aromatic carbocycles. The SMILES string of the molecule is CNC(c1cc(C)c(OC)cc1C)C1CCCC1. The van der Waals surface area contributed by atoms with E-state index in [0.717, 1.165) is 11.7 Å². The van der Waals surface area contributed by atoms with Gasteiger partial charge in [0.25, 0.3) is 0 Å². The van der Waals surface area contributed by atoms with Crippen molar-refractivity contribution in [3.05, 3.63) is 28.8 Å². The van der Waals surface area contributed by atoms with Crippen LogP contribution < -0.4 is 10.1 Å². The first kappa shape index (κ1) is 13.4. The highest BCUT2D eigenvalue weighted by atomic mass is 16.5. The Hall–Kier alpha value is -1.02. The third-order valence-electron chi connectivity index (χ3n) is 4.30. The normalized spacial score (nSPS) is 18.0. The molecule has 1 N–H and O–H groups in total. The molecule has 0 aromatic heterocycles. The van der Waals surface area contributed by atoms with Crippen molar-refractivity contribution in [1.82, 2.24) is 5.32 Å². The van der Waals surface area contributed by atoms with Gasteiger partial charge in [-0.15, -0.1) is 0 Å². The summed E-state index contributed by atoms with van der Waals surface area (Å²) >= 11 is 0. The van der Waals surface area contributed by atoms with E-state index in [9.17, 15) is 0 Å². The van der Waals surface area contributed by atoms with E-state index in [1.165, 1.54) is 42.4 Å². The Balaban J connectivity index is 2.32. The van der Waals surface area contributed by atoms with Crippen LogP contribution in [0.5, 0.6) is 5.75 Å². The lowest BCUT2D eigenvalue weighted by molar-refractivity contribution is 0.386. The van der Waals surface area contributed by atoms with Gasteiger partial charge in [-0.2, -0.15) is 0 Å². The Kier molecular flexibility index (Phi) is 4.28. The van der Waals surface area contributed by atoms with Crippen LogP contribution in [-0.4, -0.2) is 14.2 Å². The monoisotopic (exact) mass is 247 g/mol. The summed E-state index contributed by atoms with van der Waals surface area (Å²) in [5.74, 6) is 1.79. The van der Waals surface area contributed by atoms with Gasteiger partial charge in [-0.3, -0.25) is 0 Å². The molecule has 2 nitrogen and oxygen atoms in total. The maximum absolute atomic E-state index is 5.40. The van der Waals surface area contributed by atoms with E-state index in [4.69, 9.17) is 4.74 Å². The van der Waals surface area contributed by atoms with Gasteiger partial charge in [0.05, 0.1) is 7.11 Å². The summed E-state index contributed by atoms with van der Waals surface area (Å²) in [6.45, 7) is 4.32. The van der Waals surface area contributed by atoms with Crippen LogP contribution in [-0.2, 0) is 0 Å². The molecule has 1 aliphatic carbocycles. The molecule has 0 spiro atoms. The predicted octanol–water partition coefficient (Wildman–Crippen LogP) is 3.76. The highest BCUT2D eigenvalue weighted by Crippen LogP contribution is 2.38. The van der Waals surface area contributed by atoms with Gasteiger partial charge in [-0.1, -0.05) is 18.9 Å². The summed E-state index contributed by atoms with van der Waals surface area (Å²) in [6.07, 6.45) is 5.49. The fourth-order valence-electron chi connectivity index (χ4n) is 3.30. The molecular formula is C16H25NO. The maximum atomic E-state index is 5.40. The average molecular weight is 247 g/mol. The Morgan fingerprint density at radius 3 is 2.39 bits per heavy atom. The summed E-state index contributed by atoms with van der Waals surface area (Å²) in [6, 6.07) is 4.97. The number of hydrogen-bond donors (Lipinski definition) is 1. The molecule has 0 amide bonds. The van der Waals surface area contributed by atoms with Gasteiger partial charge in [0.2, 0.25) is 0 Å². The zero-order valence-corrected chi connectivity index (χ0v) is 12.0. The molecule has 1 saturated carbocycles. The molecule has 1 aliphatic rings. The van der Waals surface area contributed by atoms with E-state index < -0.39 is 0 Å². The van der Waals surface area contributed by atoms with E-state index in [1.54, 1.807) is 7.11 Å². The van der Waals surface area contributed by atoms with Crippen molar-refractivity contribution in [2.24, 2.45) is 5.92 Å². The molecule has 0 aliphatic heterocycles. The number of rotatable bonds is 4. The zero-order chi connectivity index (χ0) is 13.1. The quantitative estimate of drug-likeness (QED) is 0.874. The van der Waals surface area contributed by atoms with Gasteiger partial charge in [0.15, 0.2) is 0 Å². The molecule has 1 fully saturated rings. The zero-order valence-electron chi connectivity index (χ0n) is 12.0. The van der Waals surface area contributed by atoms with E-state index in [0.29, 0.717) is 6.04 Å². The van der Waals surface area contributed by atoms with Crippen molar-refractivity contribution in [3.8, 4) is 5.75 Å². The first-order valence-electron chi connectivity index (χ1n) is 6.99. The number of aryl methyl sites for hydroxylation is 2. The van der Waals surface area contributed by atoms with E-state index in [2.05, 4.69) is 38.3 Å². The third-order valence-corrected chi connectivity index (χ3v) is 4.30. The summed E-state index contributed by atoms with van der Waals surface area (Å²) in [7, 11) is 3.83. The summed E-state index contributed by atoms with van der Waals surface area (Å²) < 4.78 is 5.40. The van der Waals surface area contributed by atoms with Crippen molar-refractivity contribution >= 4 is 0 Å². The number of ether oxygens (including phenoxy) is 1. The lowest BCUT2D eigenvalue weighted by Gasteiger charge is -2.26. The van der Waals surface area contributed by atoms with E-state index in [1.807, 2.05) is 0 Å². The van der Waals surface area contributed by atoms with E-state index >= 15 is 0 Å². The van der Waals surface area contributed by atoms with E-state index in [-0.39, 0.29) is 0 Å². The van der Waals surface area contributed by atoms with Crippen LogP contribution in [0, 0.1) is 19.8 Å². The highest BCUT2D eigenvalue weighted by molar-refractivity contribution is 5.43. The smallest absolute Gasteiger partial charge is 0.122 e. The van der Waals surface area contributed by atoms with Crippen molar-refractivity contribution < 1.29 is 4.74 Å². The fraction of sp³-hybridized carbons (Fsp3) is 0.625. The minimum Gasteiger partial charge on any atom is -0.496 e. The first-order valence-corrected chi connectivity index (χ1v) is 6.99. The van der Waals surface area contributed by atoms with Crippen molar-refractivity contribution in [2.45, 2.75) is 45.6 Å². The van der Waals surface area contributed by atoms with Crippen LogP contribution in [0.25, 0.3) is 0 Å². The second-order valence-corrected chi connectivity index (χ2v) is 5.49. The molecule has 0 saturated heterocycles. The molecule has 2 heteroatoms. The molecule has 18 heavy (non-hydrogen) atoms. The van der Waals surface area contributed by atoms with Gasteiger partial charge in [-0.25, -0.2) is 0 Å². The third kappa shape index (κ3) is 2.54. The first-order chi connectivity index (χ1) is 8.67. The minimum absolute atomic E-state index is 0.497. The molecule has 0 radical (unpaired) electrons. The highest BCUT2D eigenvalue weighted by Gasteiger charge is 2.26.